The molecule has 0 radical (unpaired) electrons. The summed E-state index contributed by atoms with van der Waals surface area (Å²) in [6.07, 6.45) is 9.41. The Morgan fingerprint density at radius 1 is 0.456 bits per heavy atom. The van der Waals surface area contributed by atoms with E-state index in [-0.39, 0.29) is 34.1 Å². The number of anilines is 6. The zero-order valence-corrected chi connectivity index (χ0v) is 48.2. The van der Waals surface area contributed by atoms with Gasteiger partial charge in [0.05, 0.1) is 88.1 Å². The Morgan fingerprint density at radius 3 is 1.43 bits per heavy atom. The lowest BCUT2D eigenvalue weighted by molar-refractivity contribution is -0.138. The first-order valence-corrected chi connectivity index (χ1v) is 26.9. The third-order valence-corrected chi connectivity index (χ3v) is 13.6. The molecule has 0 bridgehead atoms. The molecule has 90 heavy (non-hydrogen) atoms. The van der Waals surface area contributed by atoms with Gasteiger partial charge in [0.1, 0.15) is 17.4 Å². The monoisotopic (exact) mass is 1230 g/mol. The molecule has 0 saturated carbocycles. The molecule has 0 atom stereocenters. The molecule has 0 unspecified atom stereocenters. The summed E-state index contributed by atoms with van der Waals surface area (Å²) < 4.78 is 102. The summed E-state index contributed by atoms with van der Waals surface area (Å²) in [5.41, 5.74) is 5.57. The maximum Gasteiger partial charge on any atom is 0.416 e. The topological polar surface area (TPSA) is 267 Å². The Bertz CT molecular complexity index is 4400. The Balaban J connectivity index is 0.000000148. The molecule has 0 aliphatic carbocycles. The maximum absolute atomic E-state index is 14.7. The number of pyridine rings is 5. The molecule has 6 amide bonds. The number of carbonyl (C=O) groups is 3. The van der Waals surface area contributed by atoms with E-state index in [4.69, 9.17) is 4.52 Å². The van der Waals surface area contributed by atoms with Crippen molar-refractivity contribution in [1.82, 2.24) is 59.4 Å². The number of hydrogen-bond donors (Lipinski definition) is 6. The van der Waals surface area contributed by atoms with E-state index in [0.717, 1.165) is 79.2 Å². The average Bonchev–Trinajstić information content (AvgIpc) is 1.64. The van der Waals surface area contributed by atoms with Crippen molar-refractivity contribution < 1.29 is 49.6 Å². The molecule has 0 aliphatic heterocycles. The Hall–Kier alpha value is -11.7. The van der Waals surface area contributed by atoms with E-state index in [2.05, 4.69) is 77.3 Å². The minimum atomic E-state index is -4.49. The smallest absolute Gasteiger partial charge is 0.359 e. The third-order valence-electron chi connectivity index (χ3n) is 13.6. The summed E-state index contributed by atoms with van der Waals surface area (Å²) >= 11 is 0. The average molecular weight is 1230 g/mol. The van der Waals surface area contributed by atoms with Crippen LogP contribution in [0, 0.1) is 5.82 Å². The van der Waals surface area contributed by atoms with Crippen LogP contribution in [0.2, 0.25) is 0 Å². The lowest BCUT2D eigenvalue weighted by Crippen LogP contribution is -2.20. The number of halogens is 7. The summed E-state index contributed by atoms with van der Waals surface area (Å²) in [4.78, 5) is 57.6. The molecular formula is C61H51F7N18O4. The summed E-state index contributed by atoms with van der Waals surface area (Å²) in [6.45, 7) is 5.90. The number of carbonyl (C=O) groups excluding carboxylic acids is 3. The van der Waals surface area contributed by atoms with Gasteiger partial charge in [0.2, 0.25) is 0 Å². The molecule has 29 heteroatoms. The van der Waals surface area contributed by atoms with Gasteiger partial charge in [-0.1, -0.05) is 44.1 Å². The number of alkyl halides is 6. The largest absolute Gasteiger partial charge is 0.416 e. The molecule has 0 spiro atoms. The minimum Gasteiger partial charge on any atom is -0.359 e. The third kappa shape index (κ3) is 14.4. The van der Waals surface area contributed by atoms with Gasteiger partial charge in [0.15, 0.2) is 5.82 Å². The number of nitrogens with one attached hydrogen (secondary N) is 6. The highest BCUT2D eigenvalue weighted by Crippen LogP contribution is 2.35. The lowest BCUT2D eigenvalue weighted by Gasteiger charge is -2.12. The summed E-state index contributed by atoms with van der Waals surface area (Å²) in [5, 5.41) is 34.0. The molecule has 9 heterocycles. The quantitative estimate of drug-likeness (QED) is 0.0735. The molecule has 0 aliphatic rings. The number of nitrogens with zero attached hydrogens (tertiary/aromatic N) is 12. The van der Waals surface area contributed by atoms with E-state index in [0.29, 0.717) is 22.7 Å². The van der Waals surface area contributed by atoms with Crippen LogP contribution in [0.3, 0.4) is 0 Å². The molecule has 22 nitrogen and oxygen atoms in total. The van der Waals surface area contributed by atoms with Crippen molar-refractivity contribution in [3.63, 3.8) is 0 Å². The fourth-order valence-corrected chi connectivity index (χ4v) is 8.96. The zero-order valence-electron chi connectivity index (χ0n) is 48.2. The first-order chi connectivity index (χ1) is 42.8. The van der Waals surface area contributed by atoms with Crippen LogP contribution >= 0.6 is 0 Å². The fourth-order valence-electron chi connectivity index (χ4n) is 8.96. The SMILES string of the molecule is Cn1ncc2c(-c3ccc(NC(=O)Nc4cc(C(C)(C)C)on4)c(F)c3)cncc21.Cn1ncc2c(-c3ccc(NC(=O)Nc4cccc(C(F)(F)F)c4)cn3)cncc21.Cn1ncc2c(-c3ccc(NC(=O)Nc4cccc(C(F)(F)F)c4)nc3)cncc21. The van der Waals surface area contributed by atoms with Gasteiger partial charge >= 0.3 is 30.4 Å². The molecule has 6 N–H and O–H groups in total. The van der Waals surface area contributed by atoms with Crippen molar-refractivity contribution in [2.24, 2.45) is 21.1 Å². The standard InChI is InChI=1S/C21H21FN6O2.2C20H15F3N6O/c1-21(2,3)18-8-19(27-30-18)26-20(29)25-16-6-5-12(7-15(16)22)13-9-23-11-17-14(13)10-24-28(17)4;1-29-17-11-24-9-15(16(17)10-26-29)12-5-6-18(25-8-12)28-19(30)27-14-4-2-3-13(7-14)20(21,22)23;1-29-18-11-24-9-15(16(18)10-26-29)17-6-5-14(8-25-17)28-19(30)27-13-4-2-3-12(7-13)20(21,22)23/h5-11H,1-4H3,(H2,25,26,27,29);2-11H,1H3,(H2,25,27,28,30);2-11H,1H3,(H2,27,28,30). The van der Waals surface area contributed by atoms with Crippen LogP contribution in [0.25, 0.3) is 66.2 Å². The molecular weight excluding hydrogens is 1180 g/mol. The number of urea groups is 3. The number of amides is 6. The highest BCUT2D eigenvalue weighted by Gasteiger charge is 2.32. The van der Waals surface area contributed by atoms with E-state index < -0.39 is 47.4 Å². The Kier molecular flexibility index (Phi) is 17.3. The van der Waals surface area contributed by atoms with Crippen LogP contribution in [0.5, 0.6) is 0 Å². The van der Waals surface area contributed by atoms with Crippen molar-refractivity contribution in [2.75, 3.05) is 31.9 Å². The predicted molar refractivity (Wildman–Crippen MR) is 323 cm³/mol. The first kappa shape index (κ1) is 61.4. The Morgan fingerprint density at radius 2 is 0.944 bits per heavy atom. The second kappa shape index (κ2) is 25.4. The van der Waals surface area contributed by atoms with Gasteiger partial charge in [0.25, 0.3) is 0 Å². The number of fused-ring (bicyclic) bond motifs is 3. The van der Waals surface area contributed by atoms with Crippen LogP contribution in [0.1, 0.15) is 37.7 Å². The Labute approximate surface area is 505 Å². The van der Waals surface area contributed by atoms with Gasteiger partial charge < -0.3 is 25.8 Å². The summed E-state index contributed by atoms with van der Waals surface area (Å²) in [6, 6.07) is 19.7. The van der Waals surface area contributed by atoms with E-state index in [1.165, 1.54) is 42.6 Å². The molecule has 0 saturated heterocycles. The van der Waals surface area contributed by atoms with Gasteiger partial charge in [-0.05, 0) is 78.4 Å². The summed E-state index contributed by atoms with van der Waals surface area (Å²) in [5.74, 6) is 0.559. The number of aromatic nitrogens is 12. The van der Waals surface area contributed by atoms with E-state index in [9.17, 15) is 45.1 Å². The number of aryl methyl sites for hydroxylation is 3. The van der Waals surface area contributed by atoms with E-state index >= 15 is 0 Å². The number of hydrogen-bond acceptors (Lipinski definition) is 13. The van der Waals surface area contributed by atoms with Crippen LogP contribution < -0.4 is 31.9 Å². The molecule has 12 rings (SSSR count). The normalized spacial score (nSPS) is 11.5. The lowest BCUT2D eigenvalue weighted by atomic mass is 9.93. The molecule has 458 valence electrons. The zero-order chi connectivity index (χ0) is 64.1. The van der Waals surface area contributed by atoms with Gasteiger partial charge in [-0.15, -0.1) is 0 Å². The number of benzene rings is 3. The van der Waals surface area contributed by atoms with Crippen molar-refractivity contribution in [1.29, 1.82) is 0 Å². The van der Waals surface area contributed by atoms with Crippen molar-refractivity contribution in [3.8, 4) is 33.5 Å². The first-order valence-electron chi connectivity index (χ1n) is 26.9. The highest BCUT2D eigenvalue weighted by molar-refractivity contribution is 6.02. The maximum atomic E-state index is 14.7. The fraction of sp³-hybridized carbons (Fsp3) is 0.148. The van der Waals surface area contributed by atoms with Gasteiger partial charge in [-0.3, -0.25) is 44.6 Å². The predicted octanol–water partition coefficient (Wildman–Crippen LogP) is 14.1. The molecule has 0 fully saturated rings. The van der Waals surface area contributed by atoms with Crippen LogP contribution in [0.15, 0.2) is 170 Å². The molecule has 12 aromatic rings. The summed E-state index contributed by atoms with van der Waals surface area (Å²) in [7, 11) is 5.46. The van der Waals surface area contributed by atoms with Crippen LogP contribution in [-0.4, -0.2) is 77.5 Å². The van der Waals surface area contributed by atoms with Gasteiger partial charge in [-0.2, -0.15) is 41.6 Å². The second-order valence-electron chi connectivity index (χ2n) is 20.9. The van der Waals surface area contributed by atoms with E-state index in [1.807, 2.05) is 41.9 Å². The van der Waals surface area contributed by atoms with Crippen molar-refractivity contribution in [2.45, 2.75) is 38.5 Å². The van der Waals surface area contributed by atoms with Crippen molar-refractivity contribution >= 4 is 85.2 Å². The van der Waals surface area contributed by atoms with Crippen molar-refractivity contribution in [3.05, 3.63) is 188 Å². The highest BCUT2D eigenvalue weighted by atomic mass is 19.4. The van der Waals surface area contributed by atoms with Gasteiger partial charge in [0, 0.05) is 107 Å². The molecule has 9 aromatic heterocycles. The van der Waals surface area contributed by atoms with Crippen LogP contribution in [-0.2, 0) is 38.9 Å². The molecule has 3 aromatic carbocycles. The van der Waals surface area contributed by atoms with E-state index in [1.54, 1.807) is 112 Å². The second-order valence-corrected chi connectivity index (χ2v) is 20.9. The number of rotatable bonds is 9. The van der Waals surface area contributed by atoms with Gasteiger partial charge in [-0.25, -0.2) is 23.8 Å². The van der Waals surface area contributed by atoms with Crippen LogP contribution in [0.4, 0.5) is 79.5 Å². The minimum absolute atomic E-state index is 0.0216.